The zero-order valence-corrected chi connectivity index (χ0v) is 20.7. The number of nitrogens with one attached hydrogen (secondary N) is 2. The van der Waals surface area contributed by atoms with Crippen LogP contribution in [0.5, 0.6) is 0 Å². The summed E-state index contributed by atoms with van der Waals surface area (Å²) in [6, 6.07) is 0.542. The number of carbonyl (C=O) groups is 1. The van der Waals surface area contributed by atoms with Crippen LogP contribution in [0.15, 0.2) is 11.1 Å². The zero-order chi connectivity index (χ0) is 22.3. The van der Waals surface area contributed by atoms with Gasteiger partial charge in [-0.05, 0) is 99.8 Å². The van der Waals surface area contributed by atoms with Gasteiger partial charge in [0.25, 0.3) is 0 Å². The number of hydrogen-bond acceptors (Lipinski definition) is 3. The van der Waals surface area contributed by atoms with Gasteiger partial charge in [0.05, 0.1) is 11.7 Å². The second-order valence-corrected chi connectivity index (χ2v) is 13.0. The van der Waals surface area contributed by atoms with Gasteiger partial charge in [0.2, 0.25) is 5.91 Å². The van der Waals surface area contributed by atoms with Crippen LogP contribution in [0.25, 0.3) is 0 Å². The molecule has 0 aromatic carbocycles. The topological polar surface area (TPSA) is 50.4 Å². The molecule has 3 saturated heterocycles. The van der Waals surface area contributed by atoms with E-state index < -0.39 is 0 Å². The Kier molecular flexibility index (Phi) is 5.12. The van der Waals surface area contributed by atoms with Crippen LogP contribution < -0.4 is 10.6 Å². The van der Waals surface area contributed by atoms with Gasteiger partial charge in [0, 0.05) is 24.9 Å². The lowest BCUT2D eigenvalue weighted by Gasteiger charge is -2.49. The fourth-order valence-corrected chi connectivity index (χ4v) is 9.59. The Hall–Kier alpha value is -0.870. The fraction of sp³-hybridized carbons (Fsp3) is 0.893. The number of carbonyl (C=O) groups excluding carboxylic acids is 1. The predicted octanol–water partition coefficient (Wildman–Crippen LogP) is 4.84. The third kappa shape index (κ3) is 3.11. The Morgan fingerprint density at radius 3 is 2.78 bits per heavy atom. The number of allylic oxidation sites excluding steroid dienone is 1. The fourth-order valence-electron chi connectivity index (χ4n) is 9.59. The van der Waals surface area contributed by atoms with Gasteiger partial charge in [-0.3, -0.25) is 4.79 Å². The van der Waals surface area contributed by atoms with E-state index in [1.807, 2.05) is 0 Å². The molecule has 2 saturated carbocycles. The molecule has 32 heavy (non-hydrogen) atoms. The van der Waals surface area contributed by atoms with E-state index in [9.17, 15) is 4.79 Å². The quantitative estimate of drug-likeness (QED) is 0.530. The van der Waals surface area contributed by atoms with Crippen molar-refractivity contribution in [2.45, 2.75) is 103 Å². The highest BCUT2D eigenvalue weighted by molar-refractivity contribution is 5.76. The molecule has 1 unspecified atom stereocenters. The standard InChI is InChI=1S/C28H44N2O2/c1-16-11-24-26(30-15-16)18(3)28(32-24)8-7-20-21-6-5-19-12-25(31)29-10-9-27(19,4)23(21)13-22(20)17(2)14-28/h16,18-21,23-24,26,30H,5-15H2,1-4H3,(H,29,31)/t16-,18+,19+,20-,21?,23-,24+,26-,27-,28-/m0/s1. The lowest BCUT2D eigenvalue weighted by atomic mass is 9.55. The summed E-state index contributed by atoms with van der Waals surface area (Å²) in [5.74, 6) is 4.54. The van der Waals surface area contributed by atoms with Gasteiger partial charge in [-0.25, -0.2) is 0 Å². The molecule has 3 aliphatic carbocycles. The van der Waals surface area contributed by atoms with Gasteiger partial charge in [-0.2, -0.15) is 0 Å². The maximum absolute atomic E-state index is 12.3. The van der Waals surface area contributed by atoms with Crippen molar-refractivity contribution in [3.05, 3.63) is 11.1 Å². The van der Waals surface area contributed by atoms with Crippen molar-refractivity contribution in [1.82, 2.24) is 10.6 Å². The average Bonchev–Trinajstić information content (AvgIpc) is 3.14. The number of piperidine rings is 1. The first-order valence-corrected chi connectivity index (χ1v) is 13.7. The van der Waals surface area contributed by atoms with Crippen LogP contribution in [0.1, 0.15) is 85.5 Å². The lowest BCUT2D eigenvalue weighted by Crippen LogP contribution is -2.48. The van der Waals surface area contributed by atoms with Gasteiger partial charge in [-0.1, -0.05) is 31.9 Å². The molecule has 0 bridgehead atoms. The van der Waals surface area contributed by atoms with E-state index in [1.165, 1.54) is 44.9 Å². The largest absolute Gasteiger partial charge is 0.369 e. The maximum atomic E-state index is 12.3. The highest BCUT2D eigenvalue weighted by Crippen LogP contribution is 2.64. The Morgan fingerprint density at radius 2 is 1.94 bits per heavy atom. The molecule has 6 rings (SSSR count). The van der Waals surface area contributed by atoms with E-state index in [-0.39, 0.29) is 5.60 Å². The molecule has 4 heteroatoms. The summed E-state index contributed by atoms with van der Waals surface area (Å²) in [6.45, 7) is 11.8. The molecule has 178 valence electrons. The summed E-state index contributed by atoms with van der Waals surface area (Å²) < 4.78 is 7.02. The molecule has 1 spiro atoms. The number of rotatable bonds is 0. The molecule has 1 amide bonds. The first-order chi connectivity index (χ1) is 15.3. The maximum Gasteiger partial charge on any atom is 0.220 e. The first kappa shape index (κ1) is 21.6. The van der Waals surface area contributed by atoms with E-state index in [0.29, 0.717) is 35.3 Å². The third-order valence-electron chi connectivity index (χ3n) is 11.4. The van der Waals surface area contributed by atoms with Crippen LogP contribution in [-0.4, -0.2) is 36.7 Å². The van der Waals surface area contributed by atoms with Crippen LogP contribution in [0, 0.1) is 40.9 Å². The Labute approximate surface area is 194 Å². The van der Waals surface area contributed by atoms with Gasteiger partial charge in [-0.15, -0.1) is 0 Å². The minimum absolute atomic E-state index is 0.0447. The summed E-state index contributed by atoms with van der Waals surface area (Å²) in [5.41, 5.74) is 3.83. The molecule has 6 aliphatic rings. The van der Waals surface area contributed by atoms with Crippen LogP contribution in [0.4, 0.5) is 0 Å². The van der Waals surface area contributed by atoms with E-state index in [0.717, 1.165) is 49.6 Å². The molecule has 3 aliphatic heterocycles. The van der Waals surface area contributed by atoms with Crippen LogP contribution in [-0.2, 0) is 9.53 Å². The Bertz CT molecular complexity index is 822. The number of fused-ring (bicyclic) bond motifs is 6. The summed E-state index contributed by atoms with van der Waals surface area (Å²) >= 11 is 0. The number of amides is 1. The average molecular weight is 441 g/mol. The van der Waals surface area contributed by atoms with Crippen molar-refractivity contribution in [2.24, 2.45) is 40.9 Å². The van der Waals surface area contributed by atoms with Crippen molar-refractivity contribution in [3.63, 3.8) is 0 Å². The van der Waals surface area contributed by atoms with E-state index in [1.54, 1.807) is 11.1 Å². The van der Waals surface area contributed by atoms with Crippen molar-refractivity contribution >= 4 is 5.91 Å². The van der Waals surface area contributed by atoms with Crippen molar-refractivity contribution in [2.75, 3.05) is 13.1 Å². The van der Waals surface area contributed by atoms with Crippen molar-refractivity contribution < 1.29 is 9.53 Å². The SMILES string of the molecule is CC1=C2C[C@H]3C(CC[C@@H]4CC(=O)NCC[C@@]43C)[C@@H]2CC[C@@]2(C1)O[C@@H]1C[C@H](C)CN[C@H]1[C@H]2C. The molecule has 4 nitrogen and oxygen atoms in total. The predicted molar refractivity (Wildman–Crippen MR) is 127 cm³/mol. The van der Waals surface area contributed by atoms with Crippen LogP contribution >= 0.6 is 0 Å². The minimum Gasteiger partial charge on any atom is -0.369 e. The molecule has 2 N–H and O–H groups in total. The minimum atomic E-state index is 0.0447. The second kappa shape index (κ2) is 7.57. The van der Waals surface area contributed by atoms with Gasteiger partial charge >= 0.3 is 0 Å². The lowest BCUT2D eigenvalue weighted by molar-refractivity contribution is -0.122. The van der Waals surface area contributed by atoms with Gasteiger partial charge < -0.3 is 15.4 Å². The summed E-state index contributed by atoms with van der Waals surface area (Å²) in [4.78, 5) is 12.3. The highest BCUT2D eigenvalue weighted by Gasteiger charge is 2.59. The molecule has 0 aromatic rings. The van der Waals surface area contributed by atoms with Crippen molar-refractivity contribution in [3.8, 4) is 0 Å². The smallest absolute Gasteiger partial charge is 0.220 e. The molecular weight excluding hydrogens is 396 g/mol. The van der Waals surface area contributed by atoms with E-state index in [4.69, 9.17) is 4.74 Å². The molecule has 5 fully saturated rings. The van der Waals surface area contributed by atoms with Gasteiger partial charge in [0.1, 0.15) is 0 Å². The number of ether oxygens (including phenoxy) is 1. The first-order valence-electron chi connectivity index (χ1n) is 13.7. The summed E-state index contributed by atoms with van der Waals surface area (Å²) in [7, 11) is 0. The number of hydrogen-bond donors (Lipinski definition) is 2. The normalized spacial score (nSPS) is 53.1. The molecule has 10 atom stereocenters. The summed E-state index contributed by atoms with van der Waals surface area (Å²) in [5, 5.41) is 7.03. The Balaban J connectivity index is 1.28. The molecule has 0 radical (unpaired) electrons. The highest BCUT2D eigenvalue weighted by atomic mass is 16.5. The van der Waals surface area contributed by atoms with E-state index in [2.05, 4.69) is 38.3 Å². The Morgan fingerprint density at radius 1 is 1.09 bits per heavy atom. The molecular formula is C28H44N2O2. The third-order valence-corrected chi connectivity index (χ3v) is 11.4. The van der Waals surface area contributed by atoms with Crippen LogP contribution in [0.3, 0.4) is 0 Å². The van der Waals surface area contributed by atoms with E-state index >= 15 is 0 Å². The second-order valence-electron chi connectivity index (χ2n) is 13.0. The molecule has 3 heterocycles. The zero-order valence-electron chi connectivity index (χ0n) is 20.7. The summed E-state index contributed by atoms with van der Waals surface area (Å²) in [6.07, 6.45) is 11.1. The van der Waals surface area contributed by atoms with Crippen LogP contribution in [0.2, 0.25) is 0 Å². The molecule has 0 aromatic heterocycles. The van der Waals surface area contributed by atoms with Crippen molar-refractivity contribution in [1.29, 1.82) is 0 Å². The van der Waals surface area contributed by atoms with Gasteiger partial charge in [0.15, 0.2) is 0 Å². The monoisotopic (exact) mass is 440 g/mol.